The van der Waals surface area contributed by atoms with Gasteiger partial charge in [-0.05, 0) is 37.1 Å². The molecule has 9 heteroatoms. The van der Waals surface area contributed by atoms with Gasteiger partial charge in [-0.3, -0.25) is 14.4 Å². The molecule has 0 saturated carbocycles. The van der Waals surface area contributed by atoms with Gasteiger partial charge in [0.2, 0.25) is 11.8 Å². The predicted molar refractivity (Wildman–Crippen MR) is 145 cm³/mol. The number of aliphatic hydroxyl groups excluding tert-OH is 2. The number of rotatable bonds is 11. The van der Waals surface area contributed by atoms with E-state index < -0.39 is 30.1 Å². The number of aliphatic hydroxyl groups is 2. The summed E-state index contributed by atoms with van der Waals surface area (Å²) in [5.74, 6) is -0.746. The van der Waals surface area contributed by atoms with Crippen molar-refractivity contribution in [2.75, 3.05) is 20.3 Å². The van der Waals surface area contributed by atoms with Crippen molar-refractivity contribution >= 4 is 18.1 Å². The number of aldehydes is 1. The summed E-state index contributed by atoms with van der Waals surface area (Å²) < 4.78 is 11.7. The molecule has 1 aliphatic heterocycles. The summed E-state index contributed by atoms with van der Waals surface area (Å²) in [6.45, 7) is 5.67. The number of methoxy groups -OCH3 is 1. The lowest BCUT2D eigenvalue weighted by Crippen LogP contribution is -2.55. The largest absolute Gasteiger partial charge is 0.493 e. The average Bonchev–Trinajstić information content (AvgIpc) is 3.34. The second kappa shape index (κ2) is 12.3. The smallest absolute Gasteiger partial charge is 0.247 e. The van der Waals surface area contributed by atoms with Crippen LogP contribution in [0.15, 0.2) is 60.7 Å². The van der Waals surface area contributed by atoms with Gasteiger partial charge in [-0.25, -0.2) is 0 Å². The van der Waals surface area contributed by atoms with E-state index in [-0.39, 0.29) is 37.6 Å². The minimum Gasteiger partial charge on any atom is -0.493 e. The highest BCUT2D eigenvalue weighted by Crippen LogP contribution is 2.51. The Kier molecular flexibility index (Phi) is 8.83. The maximum atomic E-state index is 13.5. The molecule has 206 valence electrons. The number of amides is 2. The number of nitrogens with one attached hydrogen (secondary N) is 1. The van der Waals surface area contributed by atoms with Crippen molar-refractivity contribution in [1.82, 2.24) is 10.2 Å². The van der Waals surface area contributed by atoms with Gasteiger partial charge in [-0.1, -0.05) is 35.9 Å². The number of hydrogen-bond donors (Lipinski definition) is 3. The molecule has 2 amide bonds. The van der Waals surface area contributed by atoms with Crippen LogP contribution in [0.3, 0.4) is 0 Å². The molecular weight excluding hydrogens is 500 g/mol. The van der Waals surface area contributed by atoms with Crippen molar-refractivity contribution < 1.29 is 34.1 Å². The number of benzene rings is 2. The van der Waals surface area contributed by atoms with Crippen molar-refractivity contribution in [2.45, 2.75) is 50.5 Å². The zero-order valence-corrected chi connectivity index (χ0v) is 22.1. The Labute approximate surface area is 227 Å². The number of nitrogens with zero attached hydrogens (tertiary/aromatic N) is 1. The summed E-state index contributed by atoms with van der Waals surface area (Å²) in [7, 11) is 1.45. The monoisotopic (exact) mass is 534 g/mol. The second-order valence-electron chi connectivity index (χ2n) is 9.74. The maximum Gasteiger partial charge on any atom is 0.247 e. The highest BCUT2D eigenvalue weighted by Gasteiger charge is 2.51. The topological polar surface area (TPSA) is 125 Å². The molecule has 9 nitrogen and oxygen atoms in total. The SMILES string of the molecule is C=CCCC(=O)N(Cc1ccc(C)cc1)[C@@H]1C=C(C(=O)NCCO)[C@@H]2c3cc(C=O)cc(OC)c3O[C@@H]2[C@H]1O. The molecule has 1 heterocycles. The van der Waals surface area contributed by atoms with Crippen LogP contribution < -0.4 is 14.8 Å². The van der Waals surface area contributed by atoms with Gasteiger partial charge >= 0.3 is 0 Å². The van der Waals surface area contributed by atoms with Crippen molar-refractivity contribution in [1.29, 1.82) is 0 Å². The lowest BCUT2D eigenvalue weighted by molar-refractivity contribution is -0.138. The number of carbonyl (C=O) groups excluding carboxylic acids is 3. The van der Waals surface area contributed by atoms with Gasteiger partial charge in [0.1, 0.15) is 18.5 Å². The highest BCUT2D eigenvalue weighted by atomic mass is 16.5. The van der Waals surface area contributed by atoms with Crippen molar-refractivity contribution in [3.05, 3.63) is 83.0 Å². The fourth-order valence-corrected chi connectivity index (χ4v) is 5.18. The van der Waals surface area contributed by atoms with E-state index in [1.165, 1.54) is 13.2 Å². The fourth-order valence-electron chi connectivity index (χ4n) is 5.18. The van der Waals surface area contributed by atoms with E-state index in [4.69, 9.17) is 9.47 Å². The third-order valence-electron chi connectivity index (χ3n) is 7.13. The minimum atomic E-state index is -1.20. The number of carbonyl (C=O) groups is 3. The van der Waals surface area contributed by atoms with Crippen LogP contribution in [0.4, 0.5) is 0 Å². The van der Waals surface area contributed by atoms with Gasteiger partial charge in [-0.15, -0.1) is 6.58 Å². The first-order chi connectivity index (χ1) is 18.8. The summed E-state index contributed by atoms with van der Waals surface area (Å²) in [6.07, 6.45) is 2.47. The van der Waals surface area contributed by atoms with Crippen LogP contribution in [-0.2, 0) is 16.1 Å². The molecule has 2 aliphatic rings. The van der Waals surface area contributed by atoms with Crippen LogP contribution in [0.1, 0.15) is 45.8 Å². The molecule has 39 heavy (non-hydrogen) atoms. The molecule has 2 aromatic rings. The normalized spacial score (nSPS) is 21.1. The van der Waals surface area contributed by atoms with Crippen molar-refractivity contribution in [2.24, 2.45) is 0 Å². The summed E-state index contributed by atoms with van der Waals surface area (Å²) in [4.78, 5) is 40.0. The lowest BCUT2D eigenvalue weighted by Gasteiger charge is -2.40. The maximum absolute atomic E-state index is 13.5. The molecule has 0 bridgehead atoms. The first-order valence-corrected chi connectivity index (χ1v) is 12.9. The van der Waals surface area contributed by atoms with Crippen molar-refractivity contribution in [3.63, 3.8) is 0 Å². The van der Waals surface area contributed by atoms with Gasteiger partial charge in [0.15, 0.2) is 11.5 Å². The zero-order chi connectivity index (χ0) is 28.1. The molecule has 0 unspecified atom stereocenters. The van der Waals surface area contributed by atoms with Crippen LogP contribution in [0.2, 0.25) is 0 Å². The molecular formula is C30H34N2O7. The number of fused-ring (bicyclic) bond motifs is 3. The summed E-state index contributed by atoms with van der Waals surface area (Å²) in [6, 6.07) is 10.0. The Morgan fingerprint density at radius 2 is 1.97 bits per heavy atom. The summed E-state index contributed by atoms with van der Waals surface area (Å²) in [5.41, 5.74) is 3.09. The van der Waals surface area contributed by atoms with Crippen LogP contribution in [0.25, 0.3) is 0 Å². The van der Waals surface area contributed by atoms with Gasteiger partial charge < -0.3 is 29.9 Å². The molecule has 0 saturated heterocycles. The Balaban J connectivity index is 1.81. The quantitative estimate of drug-likeness (QED) is 0.299. The third kappa shape index (κ3) is 5.74. The van der Waals surface area contributed by atoms with E-state index in [1.54, 1.807) is 23.1 Å². The van der Waals surface area contributed by atoms with E-state index >= 15 is 0 Å². The average molecular weight is 535 g/mol. The number of aryl methyl sites for hydroxylation is 1. The van der Waals surface area contributed by atoms with E-state index in [0.29, 0.717) is 35.3 Å². The highest BCUT2D eigenvalue weighted by molar-refractivity contribution is 5.96. The van der Waals surface area contributed by atoms with Crippen LogP contribution in [0, 0.1) is 6.92 Å². The number of allylic oxidation sites excluding steroid dienone is 1. The predicted octanol–water partition coefficient (Wildman–Crippen LogP) is 2.43. The van der Waals surface area contributed by atoms with Gasteiger partial charge in [-0.2, -0.15) is 0 Å². The fraction of sp³-hybridized carbons (Fsp3) is 0.367. The van der Waals surface area contributed by atoms with Gasteiger partial charge in [0.25, 0.3) is 0 Å². The molecule has 0 fully saturated rings. The second-order valence-corrected chi connectivity index (χ2v) is 9.74. The molecule has 1 aliphatic carbocycles. The van der Waals surface area contributed by atoms with E-state index in [1.807, 2.05) is 31.2 Å². The van der Waals surface area contributed by atoms with E-state index in [0.717, 1.165) is 11.1 Å². The van der Waals surface area contributed by atoms with E-state index in [9.17, 15) is 24.6 Å². The lowest BCUT2D eigenvalue weighted by atomic mass is 9.77. The van der Waals surface area contributed by atoms with Crippen LogP contribution >= 0.6 is 0 Å². The molecule has 4 rings (SSSR count). The first kappa shape index (κ1) is 28.1. The molecule has 0 spiro atoms. The van der Waals surface area contributed by atoms with Crippen LogP contribution in [0.5, 0.6) is 11.5 Å². The molecule has 0 radical (unpaired) electrons. The first-order valence-electron chi connectivity index (χ1n) is 12.9. The van der Waals surface area contributed by atoms with Crippen molar-refractivity contribution in [3.8, 4) is 11.5 Å². The van der Waals surface area contributed by atoms with Gasteiger partial charge in [0, 0.05) is 36.2 Å². The summed E-state index contributed by atoms with van der Waals surface area (Å²) >= 11 is 0. The third-order valence-corrected chi connectivity index (χ3v) is 7.13. The Bertz CT molecular complexity index is 1270. The van der Waals surface area contributed by atoms with Crippen LogP contribution in [-0.4, -0.2) is 71.7 Å². The molecule has 0 aromatic heterocycles. The molecule has 2 aromatic carbocycles. The Morgan fingerprint density at radius 1 is 1.23 bits per heavy atom. The Morgan fingerprint density at radius 3 is 2.62 bits per heavy atom. The number of hydrogen-bond acceptors (Lipinski definition) is 7. The minimum absolute atomic E-state index is 0.0253. The molecule has 3 N–H and O–H groups in total. The van der Waals surface area contributed by atoms with Gasteiger partial charge in [0.05, 0.1) is 25.7 Å². The van der Waals surface area contributed by atoms with E-state index in [2.05, 4.69) is 11.9 Å². The number of ether oxygens (including phenoxy) is 2. The standard InChI is InChI=1S/C30H34N2O7/c1-4-5-6-25(35)32(16-19-9-7-18(2)8-10-19)23-15-22(30(37)31-11-12-33)26-21-13-20(17-34)14-24(38-3)28(21)39-29(26)27(23)36/h4,7-10,13-15,17,23,26-27,29,33,36H,1,5-6,11-12,16H2,2-3H3,(H,31,37)/t23-,26+,27+,29+/m1/s1. The Hall–Kier alpha value is -3.95. The molecule has 4 atom stereocenters. The zero-order valence-electron chi connectivity index (χ0n) is 22.1. The summed E-state index contributed by atoms with van der Waals surface area (Å²) in [5, 5.41) is 23.7.